The Morgan fingerprint density at radius 1 is 0.800 bits per heavy atom. The van der Waals surface area contributed by atoms with Crippen LogP contribution in [0.25, 0.3) is 0 Å². The SMILES string of the molecule is [Ca+2].[O]=[Mn]([O-])[O-].[O]=[Mn]([O-])[O-].[Sr+2]. The second-order valence-electron chi connectivity index (χ2n) is 0.378. The minimum atomic E-state index is -3.65. The van der Waals surface area contributed by atoms with Crippen molar-refractivity contribution in [2.45, 2.75) is 0 Å². The Morgan fingerprint density at radius 3 is 0.800 bits per heavy atom. The summed E-state index contributed by atoms with van der Waals surface area (Å²) in [4.78, 5) is 0. The molecule has 0 bridgehead atoms. The van der Waals surface area contributed by atoms with Crippen LogP contribution in [0.1, 0.15) is 0 Å². The van der Waals surface area contributed by atoms with Gasteiger partial charge in [-0.15, -0.1) is 0 Å². The molecule has 6 nitrogen and oxygen atoms in total. The zero-order chi connectivity index (χ0) is 7.15. The fraction of sp³-hybridized carbons (Fsp3) is 0. The normalized spacial score (nSPS) is 7.00. The van der Waals surface area contributed by atoms with Gasteiger partial charge in [0.15, 0.2) is 0 Å². The molecule has 0 amide bonds. The minimum Gasteiger partial charge on any atom is 2.00 e. The molecular weight excluding hydrogens is 334 g/mol. The van der Waals surface area contributed by atoms with Gasteiger partial charge in [0, 0.05) is 0 Å². The summed E-state index contributed by atoms with van der Waals surface area (Å²) in [6.07, 6.45) is 0. The Labute approximate surface area is 133 Å². The van der Waals surface area contributed by atoms with Gasteiger partial charge in [-0.2, -0.15) is 0 Å². The molecule has 0 saturated carbocycles. The molecule has 0 heterocycles. The summed E-state index contributed by atoms with van der Waals surface area (Å²) in [6.45, 7) is 0. The molecule has 0 radical (unpaired) electrons. The van der Waals surface area contributed by atoms with Crippen molar-refractivity contribution in [3.63, 3.8) is 0 Å². The summed E-state index contributed by atoms with van der Waals surface area (Å²) in [6, 6.07) is 0. The van der Waals surface area contributed by atoms with Gasteiger partial charge in [0.25, 0.3) is 0 Å². The van der Waals surface area contributed by atoms with Gasteiger partial charge in [0.05, 0.1) is 0 Å². The maximum atomic E-state index is 8.52. The molecule has 0 aromatic heterocycles. The Kier molecular flexibility index (Phi) is 42.0. The Morgan fingerprint density at radius 2 is 0.800 bits per heavy atom. The molecule has 0 saturated heterocycles. The second-order valence-corrected chi connectivity index (χ2v) is 1.56. The van der Waals surface area contributed by atoms with Crippen molar-refractivity contribution < 1.29 is 53.4 Å². The van der Waals surface area contributed by atoms with Crippen molar-refractivity contribution in [1.82, 2.24) is 0 Å². The summed E-state index contributed by atoms with van der Waals surface area (Å²) in [5, 5.41) is 0. The monoisotopic (exact) mass is 334 g/mol. The molecule has 0 rings (SSSR count). The second kappa shape index (κ2) is 18.1. The van der Waals surface area contributed by atoms with E-state index in [4.69, 9.17) is 24.4 Å². The van der Waals surface area contributed by atoms with Crippen molar-refractivity contribution in [1.29, 1.82) is 0 Å². The quantitative estimate of drug-likeness (QED) is 0.406. The molecule has 0 atom stereocenters. The molecule has 0 aliphatic rings. The van der Waals surface area contributed by atoms with E-state index in [9.17, 15) is 0 Å². The van der Waals surface area contributed by atoms with Gasteiger partial charge < -0.3 is 0 Å². The maximum absolute atomic E-state index is 8.52. The largest absolute Gasteiger partial charge is 2.00 e. The molecule has 0 aromatic rings. The van der Waals surface area contributed by atoms with E-state index in [2.05, 4.69) is 0 Å². The summed E-state index contributed by atoms with van der Waals surface area (Å²) in [7, 11) is 0. The topological polar surface area (TPSA) is 126 Å². The third-order valence-electron chi connectivity index (χ3n) is 0. The molecule has 0 fully saturated rings. The van der Waals surface area contributed by atoms with E-state index in [1.54, 1.807) is 0 Å². The van der Waals surface area contributed by atoms with Crippen LogP contribution in [0.15, 0.2) is 0 Å². The molecule has 0 aromatic carbocycles. The molecule has 0 N–H and O–H groups in total. The standard InChI is InChI=1S/Ca.2Mn.6O.Sr/q+2;;;;;4*-1;+2. The zero-order valence-corrected chi connectivity index (χ0v) is 12.7. The van der Waals surface area contributed by atoms with Gasteiger partial charge in [0.1, 0.15) is 0 Å². The zero-order valence-electron chi connectivity index (χ0n) is 4.62. The molecule has 0 spiro atoms. The van der Waals surface area contributed by atoms with Crippen LogP contribution in [0, 0.1) is 0 Å². The van der Waals surface area contributed by atoms with Crippen molar-refractivity contribution in [2.75, 3.05) is 0 Å². The Bertz CT molecular complexity index is 73.7. The average Bonchev–Trinajstić information content (AvgIpc) is 1.25. The Hall–Kier alpha value is 3.22. The van der Waals surface area contributed by atoms with E-state index in [0.717, 1.165) is 0 Å². The fourth-order valence-corrected chi connectivity index (χ4v) is 0. The fourth-order valence-electron chi connectivity index (χ4n) is 0. The van der Waals surface area contributed by atoms with Crippen molar-refractivity contribution in [2.24, 2.45) is 0 Å². The van der Waals surface area contributed by atoms with Crippen molar-refractivity contribution in [3.05, 3.63) is 0 Å². The first-order valence-corrected chi connectivity index (χ1v) is 3.82. The smallest absolute Gasteiger partial charge is 2.00 e. The Balaban J connectivity index is -0.0000000300. The number of hydrogen-bond donors (Lipinski definition) is 0. The van der Waals surface area contributed by atoms with Crippen LogP contribution >= 0.6 is 0 Å². The molecule has 10 heteroatoms. The van der Waals surface area contributed by atoms with Gasteiger partial charge >= 0.3 is 137 Å². The van der Waals surface area contributed by atoms with Crippen LogP contribution in [0.3, 0.4) is 0 Å². The predicted molar refractivity (Wildman–Crippen MR) is 12.9 cm³/mol. The van der Waals surface area contributed by atoms with Gasteiger partial charge in [-0.1, -0.05) is 0 Å². The summed E-state index contributed by atoms with van der Waals surface area (Å²) in [5.41, 5.74) is 0. The first-order chi connectivity index (χ1) is 3.46. The molecule has 10 heavy (non-hydrogen) atoms. The van der Waals surface area contributed by atoms with Gasteiger partial charge in [-0.25, -0.2) is 0 Å². The third-order valence-corrected chi connectivity index (χ3v) is 0. The van der Waals surface area contributed by atoms with E-state index >= 15 is 0 Å². The third kappa shape index (κ3) is 113. The minimum absolute atomic E-state index is 0. The van der Waals surface area contributed by atoms with E-state index in [1.165, 1.54) is 0 Å². The maximum Gasteiger partial charge on any atom is 2.00 e. The molecular formula is CaMn2O6Sr. The first kappa shape index (κ1) is 23.2. The summed E-state index contributed by atoms with van der Waals surface area (Å²) < 4.78 is 51.1. The number of rotatable bonds is 0. The number of hydrogen-bond acceptors (Lipinski definition) is 6. The van der Waals surface area contributed by atoms with E-state index in [0.29, 0.717) is 0 Å². The van der Waals surface area contributed by atoms with Crippen molar-refractivity contribution in [3.8, 4) is 0 Å². The van der Waals surface area contributed by atoms with Gasteiger partial charge in [-0.3, -0.25) is 0 Å². The summed E-state index contributed by atoms with van der Waals surface area (Å²) >= 11 is -7.29. The average molecular weight is 334 g/mol. The molecule has 0 unspecified atom stereocenters. The van der Waals surface area contributed by atoms with Crippen LogP contribution in [-0.2, 0) is 36.7 Å². The predicted octanol–water partition coefficient (Wildman–Crippen LogP) is -5.76. The van der Waals surface area contributed by atoms with Crippen molar-refractivity contribution >= 4 is 83.2 Å². The van der Waals surface area contributed by atoms with Gasteiger partial charge in [-0.05, 0) is 0 Å². The van der Waals surface area contributed by atoms with Crippen LogP contribution in [0.4, 0.5) is 0 Å². The van der Waals surface area contributed by atoms with Gasteiger partial charge in [0.2, 0.25) is 0 Å². The molecule has 54 valence electrons. The first-order valence-electron chi connectivity index (χ1n) is 0.926. The van der Waals surface area contributed by atoms with E-state index < -0.39 is 29.0 Å². The van der Waals surface area contributed by atoms with E-state index in [1.807, 2.05) is 0 Å². The molecule has 0 aliphatic heterocycles. The van der Waals surface area contributed by atoms with Crippen LogP contribution in [-0.4, -0.2) is 83.2 Å². The van der Waals surface area contributed by atoms with Crippen LogP contribution in [0.5, 0.6) is 0 Å². The molecule has 0 aliphatic carbocycles. The summed E-state index contributed by atoms with van der Waals surface area (Å²) in [5.74, 6) is 0. The van der Waals surface area contributed by atoms with E-state index in [-0.39, 0.29) is 83.2 Å². The van der Waals surface area contributed by atoms with Crippen LogP contribution < -0.4 is 16.8 Å². The van der Waals surface area contributed by atoms with Crippen LogP contribution in [0.2, 0.25) is 0 Å².